The van der Waals surface area contributed by atoms with Crippen LogP contribution in [0.3, 0.4) is 0 Å². The molecule has 0 saturated carbocycles. The van der Waals surface area contributed by atoms with E-state index in [0.717, 1.165) is 11.3 Å². The number of hydrogen-bond donors (Lipinski definition) is 1. The predicted molar refractivity (Wildman–Crippen MR) is 116 cm³/mol. The maximum atomic E-state index is 13.1. The van der Waals surface area contributed by atoms with Gasteiger partial charge in [0.2, 0.25) is 5.91 Å². The second-order valence-electron chi connectivity index (χ2n) is 7.01. The van der Waals surface area contributed by atoms with Gasteiger partial charge in [-0.05, 0) is 45.4 Å². The van der Waals surface area contributed by atoms with E-state index >= 15 is 0 Å². The van der Waals surface area contributed by atoms with Gasteiger partial charge in [-0.3, -0.25) is 14.2 Å². The molecule has 3 aromatic rings. The van der Waals surface area contributed by atoms with Crippen molar-refractivity contribution in [3.63, 3.8) is 0 Å². The minimum absolute atomic E-state index is 0.273. The van der Waals surface area contributed by atoms with Crippen molar-refractivity contribution in [3.05, 3.63) is 51.4 Å². The van der Waals surface area contributed by atoms with Crippen molar-refractivity contribution < 1.29 is 19.1 Å². The van der Waals surface area contributed by atoms with E-state index in [2.05, 4.69) is 10.3 Å². The highest BCUT2D eigenvalue weighted by Crippen LogP contribution is 2.28. The van der Waals surface area contributed by atoms with Gasteiger partial charge in [0.05, 0.1) is 30.6 Å². The van der Waals surface area contributed by atoms with Crippen LogP contribution >= 0.6 is 11.3 Å². The van der Waals surface area contributed by atoms with Gasteiger partial charge in [-0.15, -0.1) is 11.3 Å². The van der Waals surface area contributed by atoms with Gasteiger partial charge < -0.3 is 14.8 Å². The highest BCUT2D eigenvalue weighted by atomic mass is 32.1. The zero-order chi connectivity index (χ0) is 22.0. The summed E-state index contributed by atoms with van der Waals surface area (Å²) in [5, 5.41) is 3.09. The van der Waals surface area contributed by atoms with Crippen LogP contribution in [-0.4, -0.2) is 34.6 Å². The molecular weight excluding hydrogens is 406 g/mol. The maximum absolute atomic E-state index is 13.1. The fraction of sp³-hybridized carbons (Fsp3) is 0.333. The summed E-state index contributed by atoms with van der Waals surface area (Å²) in [6, 6.07) is 6.18. The van der Waals surface area contributed by atoms with Gasteiger partial charge in [-0.25, -0.2) is 9.78 Å². The van der Waals surface area contributed by atoms with E-state index in [1.54, 1.807) is 52.0 Å². The number of para-hydroxylation sites is 2. The number of fused-ring (bicyclic) bond motifs is 1. The third-order valence-corrected chi connectivity index (χ3v) is 5.75. The second-order valence-corrected chi connectivity index (χ2v) is 8.01. The number of thiophene rings is 1. The molecule has 2 heterocycles. The number of anilines is 1. The number of ether oxygens (including phenoxy) is 2. The largest absolute Gasteiger partial charge is 0.495 e. The van der Waals surface area contributed by atoms with Crippen LogP contribution in [0.15, 0.2) is 35.4 Å². The molecule has 0 aliphatic carbocycles. The van der Waals surface area contributed by atoms with Crippen LogP contribution < -0.4 is 15.6 Å². The molecule has 0 bridgehead atoms. The van der Waals surface area contributed by atoms with E-state index < -0.39 is 17.9 Å². The molecule has 1 N–H and O–H groups in total. The lowest BCUT2D eigenvalue weighted by atomic mass is 10.2. The number of aromatic nitrogens is 2. The number of rotatable bonds is 6. The van der Waals surface area contributed by atoms with Crippen molar-refractivity contribution >= 4 is 39.1 Å². The Morgan fingerprint density at radius 2 is 1.90 bits per heavy atom. The number of carbonyl (C=O) groups excluding carboxylic acids is 2. The van der Waals surface area contributed by atoms with Crippen LogP contribution in [0.2, 0.25) is 0 Å². The van der Waals surface area contributed by atoms with Gasteiger partial charge in [-0.1, -0.05) is 12.1 Å². The zero-order valence-electron chi connectivity index (χ0n) is 17.4. The Kier molecular flexibility index (Phi) is 6.21. The molecule has 1 atom stereocenters. The van der Waals surface area contributed by atoms with Crippen molar-refractivity contribution in [1.29, 1.82) is 0 Å². The summed E-state index contributed by atoms with van der Waals surface area (Å²) in [6.45, 7) is 6.81. The number of aryl methyl sites for hydroxylation is 1. The lowest BCUT2D eigenvalue weighted by Gasteiger charge is -2.16. The molecular formula is C21H23N3O5S. The quantitative estimate of drug-likeness (QED) is 0.602. The lowest BCUT2D eigenvalue weighted by Crippen LogP contribution is -2.31. The van der Waals surface area contributed by atoms with Crippen molar-refractivity contribution in [2.75, 3.05) is 12.4 Å². The van der Waals surface area contributed by atoms with Crippen molar-refractivity contribution in [2.24, 2.45) is 0 Å². The first-order valence-corrected chi connectivity index (χ1v) is 10.2. The first-order chi connectivity index (χ1) is 14.2. The SMILES string of the molecule is COc1ccccc1NC(=O)[C@H](C)n1cnc2sc(C(=O)OC(C)C)c(C)c2c1=O. The van der Waals surface area contributed by atoms with Gasteiger partial charge in [0.1, 0.15) is 21.5 Å². The Morgan fingerprint density at radius 3 is 2.57 bits per heavy atom. The maximum Gasteiger partial charge on any atom is 0.348 e. The molecule has 0 unspecified atom stereocenters. The van der Waals surface area contributed by atoms with E-state index in [-0.39, 0.29) is 11.7 Å². The first kappa shape index (κ1) is 21.5. The Balaban J connectivity index is 1.95. The molecule has 0 spiro atoms. The molecule has 2 aromatic heterocycles. The molecule has 0 radical (unpaired) electrons. The number of carbonyl (C=O) groups is 2. The average Bonchev–Trinajstić information content (AvgIpc) is 3.05. The number of nitrogens with zero attached hydrogens (tertiary/aromatic N) is 2. The molecule has 1 aromatic carbocycles. The molecule has 8 nitrogen and oxygen atoms in total. The normalized spacial score (nSPS) is 12.1. The van der Waals surface area contributed by atoms with Crippen LogP contribution in [0, 0.1) is 6.92 Å². The zero-order valence-corrected chi connectivity index (χ0v) is 18.2. The van der Waals surface area contributed by atoms with Crippen molar-refractivity contribution in [3.8, 4) is 5.75 Å². The highest BCUT2D eigenvalue weighted by Gasteiger charge is 2.24. The monoisotopic (exact) mass is 429 g/mol. The summed E-state index contributed by atoms with van der Waals surface area (Å²) in [6.07, 6.45) is 1.05. The molecule has 0 fully saturated rings. The van der Waals surface area contributed by atoms with E-state index in [0.29, 0.717) is 32.1 Å². The topological polar surface area (TPSA) is 99.5 Å². The van der Waals surface area contributed by atoms with E-state index in [9.17, 15) is 14.4 Å². The van der Waals surface area contributed by atoms with Crippen LogP contribution in [0.4, 0.5) is 5.69 Å². The standard InChI is InChI=1S/C21H23N3O5S/c1-11(2)29-21(27)17-12(3)16-19(30-17)22-10-24(20(16)26)13(4)18(25)23-14-8-6-7-9-15(14)28-5/h6-11,13H,1-5H3,(H,23,25)/t13-/m0/s1. The summed E-state index contributed by atoms with van der Waals surface area (Å²) in [7, 11) is 1.51. The highest BCUT2D eigenvalue weighted by molar-refractivity contribution is 7.20. The predicted octanol–water partition coefficient (Wildman–Crippen LogP) is 3.54. The molecule has 1 amide bonds. The number of esters is 1. The molecule has 30 heavy (non-hydrogen) atoms. The van der Waals surface area contributed by atoms with E-state index in [1.807, 2.05) is 0 Å². The van der Waals surface area contributed by atoms with Crippen LogP contribution in [0.5, 0.6) is 5.75 Å². The number of hydrogen-bond acceptors (Lipinski definition) is 7. The summed E-state index contributed by atoms with van der Waals surface area (Å²) in [5.41, 5.74) is 0.620. The Hall–Kier alpha value is -3.20. The van der Waals surface area contributed by atoms with Crippen LogP contribution in [0.25, 0.3) is 10.2 Å². The van der Waals surface area contributed by atoms with Gasteiger partial charge in [-0.2, -0.15) is 0 Å². The van der Waals surface area contributed by atoms with Crippen molar-refractivity contribution in [2.45, 2.75) is 39.8 Å². The van der Waals surface area contributed by atoms with E-state index in [1.165, 1.54) is 18.0 Å². The lowest BCUT2D eigenvalue weighted by molar-refractivity contribution is -0.118. The molecule has 3 rings (SSSR count). The minimum atomic E-state index is -0.829. The first-order valence-electron chi connectivity index (χ1n) is 9.39. The fourth-order valence-corrected chi connectivity index (χ4v) is 4.01. The molecule has 9 heteroatoms. The molecule has 158 valence electrons. The summed E-state index contributed by atoms with van der Waals surface area (Å²) >= 11 is 1.11. The number of nitrogens with one attached hydrogen (secondary N) is 1. The smallest absolute Gasteiger partial charge is 0.348 e. The van der Waals surface area contributed by atoms with Gasteiger partial charge >= 0.3 is 5.97 Å². The third-order valence-electron chi connectivity index (χ3n) is 4.57. The summed E-state index contributed by atoms with van der Waals surface area (Å²) in [4.78, 5) is 43.3. The summed E-state index contributed by atoms with van der Waals surface area (Å²) < 4.78 is 11.7. The van der Waals surface area contributed by atoms with Crippen LogP contribution in [0.1, 0.15) is 42.0 Å². The average molecular weight is 429 g/mol. The Morgan fingerprint density at radius 1 is 1.20 bits per heavy atom. The number of benzene rings is 1. The second kappa shape index (κ2) is 8.66. The van der Waals surface area contributed by atoms with E-state index in [4.69, 9.17) is 9.47 Å². The third kappa shape index (κ3) is 4.06. The molecule has 0 aliphatic heterocycles. The van der Waals surface area contributed by atoms with Gasteiger partial charge in [0, 0.05) is 0 Å². The minimum Gasteiger partial charge on any atom is -0.495 e. The van der Waals surface area contributed by atoms with Crippen LogP contribution in [-0.2, 0) is 9.53 Å². The fourth-order valence-electron chi connectivity index (χ4n) is 2.99. The number of methoxy groups -OCH3 is 1. The molecule has 0 aliphatic rings. The number of amides is 1. The van der Waals surface area contributed by atoms with Crippen molar-refractivity contribution in [1.82, 2.24) is 9.55 Å². The Labute approximate surface area is 177 Å². The van der Waals surface area contributed by atoms with Gasteiger partial charge in [0.25, 0.3) is 5.56 Å². The summed E-state index contributed by atoms with van der Waals surface area (Å²) in [5.74, 6) is -0.366. The Bertz CT molecular complexity index is 1170. The van der Waals surface area contributed by atoms with Gasteiger partial charge in [0.15, 0.2) is 0 Å². The molecule has 0 saturated heterocycles.